The van der Waals surface area contributed by atoms with E-state index in [1.54, 1.807) is 0 Å². The number of amides is 1. The Kier molecular flexibility index (Phi) is 6.67. The monoisotopic (exact) mass is 333 g/mol. The molecule has 0 aromatic rings. The van der Waals surface area contributed by atoms with Crippen molar-refractivity contribution >= 4 is 6.09 Å². The number of carbonyl (C=O) groups excluding carboxylic acids is 1. The molecule has 0 aromatic heterocycles. The van der Waals surface area contributed by atoms with Gasteiger partial charge in [0, 0.05) is 13.1 Å². The number of piperidine rings is 1. The van der Waals surface area contributed by atoms with Gasteiger partial charge in [0.15, 0.2) is 0 Å². The number of carbonyl (C=O) groups is 1. The lowest BCUT2D eigenvalue weighted by atomic mass is 9.87. The van der Waals surface area contributed by atoms with Crippen molar-refractivity contribution in [1.82, 2.24) is 4.90 Å². The Morgan fingerprint density at radius 1 is 1.21 bits per heavy atom. The first-order valence-corrected chi connectivity index (χ1v) is 8.96. The highest BCUT2D eigenvalue weighted by molar-refractivity contribution is 5.68. The summed E-state index contributed by atoms with van der Waals surface area (Å²) in [5.74, 6) is 0.455. The summed E-state index contributed by atoms with van der Waals surface area (Å²) in [6, 6.07) is 0. The number of allylic oxidation sites excluding steroid dienone is 4. The molecule has 0 N–H and O–H groups in total. The van der Waals surface area contributed by atoms with Crippen molar-refractivity contribution < 1.29 is 14.3 Å². The highest BCUT2D eigenvalue weighted by atomic mass is 16.6. The Morgan fingerprint density at radius 2 is 1.92 bits per heavy atom. The van der Waals surface area contributed by atoms with Gasteiger partial charge in [-0.15, -0.1) is 0 Å². The molecular weight excluding hydrogens is 302 g/mol. The van der Waals surface area contributed by atoms with Crippen molar-refractivity contribution in [1.29, 1.82) is 0 Å². The van der Waals surface area contributed by atoms with E-state index in [1.165, 1.54) is 5.57 Å². The summed E-state index contributed by atoms with van der Waals surface area (Å²) in [7, 11) is 0. The summed E-state index contributed by atoms with van der Waals surface area (Å²) in [5.41, 5.74) is 0.823. The van der Waals surface area contributed by atoms with Crippen LogP contribution in [0.4, 0.5) is 4.79 Å². The maximum absolute atomic E-state index is 12.2. The molecule has 2 aliphatic heterocycles. The van der Waals surface area contributed by atoms with E-state index in [2.05, 4.69) is 37.3 Å². The largest absolute Gasteiger partial charge is 0.444 e. The molecule has 1 amide bonds. The van der Waals surface area contributed by atoms with Gasteiger partial charge in [-0.2, -0.15) is 0 Å². The maximum Gasteiger partial charge on any atom is 0.410 e. The Balaban J connectivity index is 1.93. The molecule has 2 aliphatic rings. The van der Waals surface area contributed by atoms with Crippen molar-refractivity contribution in [2.45, 2.75) is 58.7 Å². The van der Waals surface area contributed by atoms with Crippen molar-refractivity contribution in [3.05, 3.63) is 36.0 Å². The highest BCUT2D eigenvalue weighted by Gasteiger charge is 2.31. The van der Waals surface area contributed by atoms with E-state index in [9.17, 15) is 4.79 Å². The Morgan fingerprint density at radius 3 is 2.58 bits per heavy atom. The minimum Gasteiger partial charge on any atom is -0.444 e. The fourth-order valence-electron chi connectivity index (χ4n) is 3.15. The fraction of sp³-hybridized carbons (Fsp3) is 0.650. The lowest BCUT2D eigenvalue weighted by molar-refractivity contribution is -0.00361. The number of ether oxygens (including phenoxy) is 2. The van der Waals surface area contributed by atoms with E-state index < -0.39 is 5.60 Å². The summed E-state index contributed by atoms with van der Waals surface area (Å²) < 4.78 is 11.6. The summed E-state index contributed by atoms with van der Waals surface area (Å²) in [6.07, 6.45) is 13.3. The summed E-state index contributed by atoms with van der Waals surface area (Å²) in [4.78, 5) is 14.0. The van der Waals surface area contributed by atoms with E-state index in [0.29, 0.717) is 5.92 Å². The minimum atomic E-state index is -0.438. The minimum absolute atomic E-state index is 0.141. The van der Waals surface area contributed by atoms with Crippen LogP contribution in [0.15, 0.2) is 36.0 Å². The number of hydrogen-bond donors (Lipinski definition) is 0. The molecule has 4 nitrogen and oxygen atoms in total. The molecule has 134 valence electrons. The Hall–Kier alpha value is -1.55. The van der Waals surface area contributed by atoms with Crippen molar-refractivity contribution in [3.63, 3.8) is 0 Å². The van der Waals surface area contributed by atoms with Gasteiger partial charge in [0.25, 0.3) is 0 Å². The van der Waals surface area contributed by atoms with Gasteiger partial charge in [-0.1, -0.05) is 30.4 Å². The van der Waals surface area contributed by atoms with Gasteiger partial charge in [-0.05, 0) is 58.4 Å². The molecule has 1 saturated heterocycles. The second-order valence-corrected chi connectivity index (χ2v) is 7.61. The SMILES string of the molecule is C\C1=C/C=C\C=C\CCOC1C1CCN(C(=O)OC(C)(C)C)CC1. The topological polar surface area (TPSA) is 38.8 Å². The molecule has 0 bridgehead atoms. The summed E-state index contributed by atoms with van der Waals surface area (Å²) in [5, 5.41) is 0. The molecule has 1 fully saturated rings. The van der Waals surface area contributed by atoms with Crippen LogP contribution in [0.1, 0.15) is 47.0 Å². The van der Waals surface area contributed by atoms with E-state index in [4.69, 9.17) is 9.47 Å². The van der Waals surface area contributed by atoms with Gasteiger partial charge in [0.05, 0.1) is 12.7 Å². The van der Waals surface area contributed by atoms with Gasteiger partial charge in [-0.3, -0.25) is 0 Å². The van der Waals surface area contributed by atoms with Crippen molar-refractivity contribution in [3.8, 4) is 0 Å². The quantitative estimate of drug-likeness (QED) is 0.710. The molecule has 0 saturated carbocycles. The number of nitrogens with zero attached hydrogens (tertiary/aromatic N) is 1. The molecule has 0 spiro atoms. The first kappa shape index (κ1) is 18.8. The highest BCUT2D eigenvalue weighted by Crippen LogP contribution is 2.28. The fourth-order valence-corrected chi connectivity index (χ4v) is 3.15. The molecule has 2 heterocycles. The number of likely N-dealkylation sites (tertiary alicyclic amines) is 1. The predicted octanol–water partition coefficient (Wildman–Crippen LogP) is 4.48. The van der Waals surface area contributed by atoms with Gasteiger partial charge in [-0.25, -0.2) is 4.79 Å². The van der Waals surface area contributed by atoms with Crippen LogP contribution in [0.3, 0.4) is 0 Å². The van der Waals surface area contributed by atoms with Crippen LogP contribution >= 0.6 is 0 Å². The van der Waals surface area contributed by atoms with E-state index in [-0.39, 0.29) is 12.2 Å². The van der Waals surface area contributed by atoms with Crippen LogP contribution < -0.4 is 0 Å². The molecule has 0 radical (unpaired) electrons. The van der Waals surface area contributed by atoms with Crippen LogP contribution in [0, 0.1) is 5.92 Å². The first-order valence-electron chi connectivity index (χ1n) is 8.96. The lowest BCUT2D eigenvalue weighted by Crippen LogP contribution is -2.44. The lowest BCUT2D eigenvalue weighted by Gasteiger charge is -2.37. The average molecular weight is 333 g/mol. The average Bonchev–Trinajstić information content (AvgIpc) is 2.52. The molecule has 0 aliphatic carbocycles. The van der Waals surface area contributed by atoms with Crippen molar-refractivity contribution in [2.24, 2.45) is 5.92 Å². The zero-order chi connectivity index (χ0) is 17.6. The zero-order valence-corrected chi connectivity index (χ0v) is 15.5. The van der Waals surface area contributed by atoms with E-state index >= 15 is 0 Å². The Labute approximate surface area is 146 Å². The third-order valence-corrected chi connectivity index (χ3v) is 4.37. The van der Waals surface area contributed by atoms with Crippen molar-refractivity contribution in [2.75, 3.05) is 19.7 Å². The van der Waals surface area contributed by atoms with Crippen LogP contribution in [0.5, 0.6) is 0 Å². The first-order chi connectivity index (χ1) is 11.4. The second-order valence-electron chi connectivity index (χ2n) is 7.61. The second kappa shape index (κ2) is 8.52. The smallest absolute Gasteiger partial charge is 0.410 e. The normalized spacial score (nSPS) is 28.6. The molecular formula is C20H31NO3. The zero-order valence-electron chi connectivity index (χ0n) is 15.5. The third-order valence-electron chi connectivity index (χ3n) is 4.37. The van der Waals surface area contributed by atoms with Gasteiger partial charge < -0.3 is 14.4 Å². The van der Waals surface area contributed by atoms with Gasteiger partial charge in [0.1, 0.15) is 5.60 Å². The van der Waals surface area contributed by atoms with Crippen LogP contribution in [0.25, 0.3) is 0 Å². The third kappa shape index (κ3) is 5.82. The van der Waals surface area contributed by atoms with Crippen LogP contribution in [-0.2, 0) is 9.47 Å². The van der Waals surface area contributed by atoms with E-state index in [0.717, 1.165) is 39.0 Å². The van der Waals surface area contributed by atoms with Crippen LogP contribution in [0.2, 0.25) is 0 Å². The van der Waals surface area contributed by atoms with Gasteiger partial charge in [0.2, 0.25) is 0 Å². The number of rotatable bonds is 1. The summed E-state index contributed by atoms with van der Waals surface area (Å²) in [6.45, 7) is 10.1. The van der Waals surface area contributed by atoms with Crippen LogP contribution in [-0.4, -0.2) is 42.4 Å². The maximum atomic E-state index is 12.2. The summed E-state index contributed by atoms with van der Waals surface area (Å²) >= 11 is 0. The van der Waals surface area contributed by atoms with E-state index in [1.807, 2.05) is 25.7 Å². The number of hydrogen-bond acceptors (Lipinski definition) is 3. The molecule has 2 rings (SSSR count). The standard InChI is InChI=1S/C20H31NO3/c1-16-10-8-6-5-7-9-15-23-18(16)17-11-13-21(14-12-17)19(22)24-20(2,3)4/h5-8,10,17-18H,9,11-15H2,1-4H3/b7-5+,8-6-,16-10+. The molecule has 1 atom stereocenters. The van der Waals surface area contributed by atoms with Gasteiger partial charge >= 0.3 is 6.09 Å². The molecule has 24 heavy (non-hydrogen) atoms. The molecule has 0 aromatic carbocycles. The molecule has 4 heteroatoms. The molecule has 1 unspecified atom stereocenters. The Bertz CT molecular complexity index is 505. The predicted molar refractivity (Wildman–Crippen MR) is 96.9 cm³/mol.